The molecule has 1 fully saturated rings. The van der Waals surface area contributed by atoms with Gasteiger partial charge in [0.2, 0.25) is 16.0 Å². The third-order valence-electron chi connectivity index (χ3n) is 5.01. The van der Waals surface area contributed by atoms with Gasteiger partial charge in [0, 0.05) is 19.2 Å². The number of hydrogen-bond donors (Lipinski definition) is 1. The second-order valence-electron chi connectivity index (χ2n) is 7.55. The molecular weight excluding hydrogens is 445 g/mol. The van der Waals surface area contributed by atoms with Crippen LogP contribution in [0.2, 0.25) is 0 Å². The molecule has 0 unspecified atom stereocenters. The minimum atomic E-state index is -4.19. The number of amidine groups is 1. The molecule has 3 heterocycles. The molecule has 3 rings (SSSR count). The van der Waals surface area contributed by atoms with Gasteiger partial charge in [0.25, 0.3) is 0 Å². The maximum atomic E-state index is 14.3. The Labute approximate surface area is 185 Å². The lowest BCUT2D eigenvalue weighted by molar-refractivity contribution is 0.0817. The maximum absolute atomic E-state index is 14.3. The molecule has 2 aliphatic heterocycles. The lowest BCUT2D eigenvalue weighted by atomic mass is 10.0. The predicted molar refractivity (Wildman–Crippen MR) is 114 cm³/mol. The van der Waals surface area contributed by atoms with Crippen LogP contribution in [0.3, 0.4) is 0 Å². The van der Waals surface area contributed by atoms with E-state index >= 15 is 0 Å². The quantitative estimate of drug-likeness (QED) is 0.491. The van der Waals surface area contributed by atoms with Crippen LogP contribution in [0.5, 0.6) is 0 Å². The number of nitrogens with zero attached hydrogens (tertiary/aromatic N) is 3. The summed E-state index contributed by atoms with van der Waals surface area (Å²) in [6.45, 7) is 1.71. The standard InChI is InChI=1S/C21H23F3N4O3S/c1-3-4-5-6-16(23)8-15-7-14(2)10-25-21(15)19-9-20(26-31-19)28-11-17(24)18(12-28)27-32(29,30)13-22/h1,4-7,10,17-19,27H,8-9,11-13H2,2H3/b5-4-,16-6+/t17-,18+,19-/m0/s1. The van der Waals surface area contributed by atoms with E-state index in [1.807, 2.05) is 11.6 Å². The summed E-state index contributed by atoms with van der Waals surface area (Å²) in [6.07, 6.45) is 8.93. The number of allylic oxidation sites excluding steroid dienone is 4. The van der Waals surface area contributed by atoms with E-state index in [-0.39, 0.29) is 25.9 Å². The van der Waals surface area contributed by atoms with Crippen LogP contribution in [0, 0.1) is 19.3 Å². The highest BCUT2D eigenvalue weighted by Crippen LogP contribution is 2.32. The van der Waals surface area contributed by atoms with Gasteiger partial charge in [-0.15, -0.1) is 6.42 Å². The van der Waals surface area contributed by atoms with Crippen molar-refractivity contribution in [3.8, 4) is 12.3 Å². The van der Waals surface area contributed by atoms with E-state index < -0.39 is 40.2 Å². The van der Waals surface area contributed by atoms with Gasteiger partial charge < -0.3 is 9.74 Å². The van der Waals surface area contributed by atoms with Crippen molar-refractivity contribution in [1.29, 1.82) is 0 Å². The number of halogens is 3. The zero-order chi connectivity index (χ0) is 23.3. The van der Waals surface area contributed by atoms with E-state index in [4.69, 9.17) is 11.3 Å². The zero-order valence-corrected chi connectivity index (χ0v) is 18.2. The van der Waals surface area contributed by atoms with E-state index in [1.165, 1.54) is 18.2 Å². The van der Waals surface area contributed by atoms with Crippen LogP contribution >= 0.6 is 0 Å². The first-order valence-corrected chi connectivity index (χ1v) is 11.5. The second-order valence-corrected chi connectivity index (χ2v) is 9.23. The van der Waals surface area contributed by atoms with Crippen LogP contribution in [0.1, 0.15) is 29.3 Å². The first kappa shape index (κ1) is 23.8. The van der Waals surface area contributed by atoms with E-state index in [0.29, 0.717) is 17.1 Å². The lowest BCUT2D eigenvalue weighted by Crippen LogP contribution is -2.42. The zero-order valence-electron chi connectivity index (χ0n) is 17.3. The maximum Gasteiger partial charge on any atom is 0.241 e. The van der Waals surface area contributed by atoms with Gasteiger partial charge in [0.1, 0.15) is 17.8 Å². The van der Waals surface area contributed by atoms with Crippen molar-refractivity contribution in [1.82, 2.24) is 14.6 Å². The highest BCUT2D eigenvalue weighted by Gasteiger charge is 2.39. The Morgan fingerprint density at radius 1 is 1.47 bits per heavy atom. The van der Waals surface area contributed by atoms with Crippen LogP contribution in [-0.4, -0.2) is 55.4 Å². The number of pyridine rings is 1. The number of nitrogens with one attached hydrogen (secondary N) is 1. The number of hydrogen-bond acceptors (Lipinski definition) is 6. The fourth-order valence-electron chi connectivity index (χ4n) is 3.57. The van der Waals surface area contributed by atoms with Crippen molar-refractivity contribution >= 4 is 15.9 Å². The number of oxime groups is 1. The highest BCUT2D eigenvalue weighted by molar-refractivity contribution is 7.89. The molecule has 0 saturated carbocycles. The Kier molecular flexibility index (Phi) is 7.58. The molecule has 0 spiro atoms. The van der Waals surface area contributed by atoms with E-state index in [1.54, 1.807) is 17.2 Å². The van der Waals surface area contributed by atoms with Crippen LogP contribution in [0.15, 0.2) is 41.5 Å². The summed E-state index contributed by atoms with van der Waals surface area (Å²) < 4.78 is 66.0. The monoisotopic (exact) mass is 468 g/mol. The Morgan fingerprint density at radius 3 is 2.97 bits per heavy atom. The molecule has 0 amide bonds. The van der Waals surface area contributed by atoms with Crippen molar-refractivity contribution in [3.63, 3.8) is 0 Å². The molecule has 1 aromatic rings. The number of aryl methyl sites for hydroxylation is 1. The topological polar surface area (TPSA) is 83.9 Å². The Bertz CT molecular complexity index is 1080. The molecule has 2 aliphatic rings. The fourth-order valence-corrected chi connectivity index (χ4v) is 4.31. The molecule has 7 nitrogen and oxygen atoms in total. The van der Waals surface area contributed by atoms with Gasteiger partial charge in [0.05, 0.1) is 24.7 Å². The first-order chi connectivity index (χ1) is 15.2. The van der Waals surface area contributed by atoms with Crippen molar-refractivity contribution in [2.24, 2.45) is 5.16 Å². The van der Waals surface area contributed by atoms with E-state index in [2.05, 4.69) is 16.1 Å². The summed E-state index contributed by atoms with van der Waals surface area (Å²) in [5.74, 6) is 2.29. The largest absolute Gasteiger partial charge is 0.384 e. The molecule has 1 N–H and O–H groups in total. The molecule has 0 aromatic carbocycles. The second kappa shape index (κ2) is 10.2. The minimum absolute atomic E-state index is 0.0115. The summed E-state index contributed by atoms with van der Waals surface area (Å²) in [6, 6.07) is -0.897. The SMILES string of the molecule is C#C/C=C\C=C(\F)Cc1cc(C)cnc1[C@@H]1CC(N2C[C@H](F)[C@H](NS(=O)(=O)CF)C2)=NO1. The molecule has 3 atom stereocenters. The predicted octanol–water partition coefficient (Wildman–Crippen LogP) is 2.62. The lowest BCUT2D eigenvalue weighted by Gasteiger charge is -2.17. The van der Waals surface area contributed by atoms with Crippen LogP contribution in [-0.2, 0) is 21.3 Å². The number of rotatable bonds is 7. The number of alkyl halides is 2. The number of likely N-dealkylation sites (tertiary alicyclic amines) is 1. The van der Waals surface area contributed by atoms with Gasteiger partial charge in [0.15, 0.2) is 6.10 Å². The Balaban J connectivity index is 1.69. The average molecular weight is 469 g/mol. The molecule has 32 heavy (non-hydrogen) atoms. The molecule has 0 bridgehead atoms. The average Bonchev–Trinajstić information content (AvgIpc) is 3.35. The number of terminal acetylenes is 1. The third-order valence-corrected chi connectivity index (χ3v) is 5.96. The van der Waals surface area contributed by atoms with Gasteiger partial charge in [-0.2, -0.15) is 0 Å². The summed E-state index contributed by atoms with van der Waals surface area (Å²) >= 11 is 0. The van der Waals surface area contributed by atoms with E-state index in [0.717, 1.165) is 5.56 Å². The van der Waals surface area contributed by atoms with Crippen LogP contribution in [0.25, 0.3) is 0 Å². The molecule has 0 aliphatic carbocycles. The molecule has 11 heteroatoms. The summed E-state index contributed by atoms with van der Waals surface area (Å²) in [4.78, 5) is 11.4. The Hall–Kier alpha value is -2.84. The molecule has 172 valence electrons. The summed E-state index contributed by atoms with van der Waals surface area (Å²) in [5, 5.41) is 4.01. The number of aromatic nitrogens is 1. The number of sulfonamides is 1. The van der Waals surface area contributed by atoms with Crippen molar-refractivity contribution in [2.45, 2.75) is 38.1 Å². The summed E-state index contributed by atoms with van der Waals surface area (Å²) in [5.41, 5.74) is 1.97. The normalized spacial score (nSPS) is 24.0. The van der Waals surface area contributed by atoms with Crippen molar-refractivity contribution in [3.05, 3.63) is 53.1 Å². The van der Waals surface area contributed by atoms with Crippen molar-refractivity contribution in [2.75, 3.05) is 19.1 Å². The molecule has 1 aromatic heterocycles. The van der Waals surface area contributed by atoms with Gasteiger partial charge >= 0.3 is 0 Å². The summed E-state index contributed by atoms with van der Waals surface area (Å²) in [7, 11) is -4.19. The fraction of sp³-hybridized carbons (Fsp3) is 0.429. The van der Waals surface area contributed by atoms with Crippen LogP contribution < -0.4 is 4.72 Å². The molecular formula is C21H23F3N4O3S. The minimum Gasteiger partial charge on any atom is -0.384 e. The Morgan fingerprint density at radius 2 is 2.25 bits per heavy atom. The van der Waals surface area contributed by atoms with Gasteiger partial charge in [-0.1, -0.05) is 23.2 Å². The van der Waals surface area contributed by atoms with Gasteiger partial charge in [-0.3, -0.25) is 4.98 Å². The smallest absolute Gasteiger partial charge is 0.241 e. The van der Waals surface area contributed by atoms with Gasteiger partial charge in [-0.05, 0) is 30.2 Å². The first-order valence-electron chi connectivity index (χ1n) is 9.83. The molecule has 1 saturated heterocycles. The van der Waals surface area contributed by atoms with Crippen LogP contribution in [0.4, 0.5) is 13.2 Å². The highest BCUT2D eigenvalue weighted by atomic mass is 32.2. The van der Waals surface area contributed by atoms with E-state index in [9.17, 15) is 21.6 Å². The molecule has 0 radical (unpaired) electrons. The third kappa shape index (κ3) is 5.89. The van der Waals surface area contributed by atoms with Crippen molar-refractivity contribution < 1.29 is 26.4 Å². The van der Waals surface area contributed by atoms with Gasteiger partial charge in [-0.25, -0.2) is 26.3 Å².